The topological polar surface area (TPSA) is 60.2 Å². The number of ether oxygens (including phenoxy) is 2. The van der Waals surface area contributed by atoms with Gasteiger partial charge < -0.3 is 19.5 Å². The molecule has 26 heavy (non-hydrogen) atoms. The van der Waals surface area contributed by atoms with Crippen molar-refractivity contribution < 1.29 is 24.3 Å². The molecule has 0 aromatic heterocycles. The van der Waals surface area contributed by atoms with Crippen LogP contribution in [0.15, 0.2) is 46.6 Å². The Kier molecular flexibility index (Phi) is 4.80. The lowest BCUT2D eigenvalue weighted by molar-refractivity contribution is -0.921. The molecule has 2 aromatic rings. The molecule has 2 N–H and O–H groups in total. The minimum absolute atomic E-state index is 0.152. The van der Waals surface area contributed by atoms with Gasteiger partial charge in [-0.3, -0.25) is 4.79 Å². The van der Waals surface area contributed by atoms with Crippen LogP contribution in [0.1, 0.15) is 21.5 Å². The lowest BCUT2D eigenvalue weighted by atomic mass is 10.0. The first-order valence-corrected chi connectivity index (χ1v) is 9.37. The van der Waals surface area contributed by atoms with Crippen molar-refractivity contribution in [2.45, 2.75) is 6.54 Å². The van der Waals surface area contributed by atoms with E-state index in [0.717, 1.165) is 23.1 Å². The predicted molar refractivity (Wildman–Crippen MR) is 100 cm³/mol. The third-order valence-electron chi connectivity index (χ3n) is 4.71. The van der Waals surface area contributed by atoms with Crippen molar-refractivity contribution in [1.82, 2.24) is 0 Å². The van der Waals surface area contributed by atoms with Gasteiger partial charge in [0.05, 0.1) is 24.3 Å². The Balaban J connectivity index is 1.64. The van der Waals surface area contributed by atoms with Crippen LogP contribution in [0, 0.1) is 0 Å². The summed E-state index contributed by atoms with van der Waals surface area (Å²) in [7, 11) is 0. The van der Waals surface area contributed by atoms with Gasteiger partial charge in [-0.15, -0.1) is 0 Å². The van der Waals surface area contributed by atoms with E-state index in [1.54, 1.807) is 18.2 Å². The van der Waals surface area contributed by atoms with Crippen LogP contribution in [0.4, 0.5) is 0 Å². The fraction of sp³-hybridized carbons (Fsp3) is 0.250. The van der Waals surface area contributed by atoms with Crippen molar-refractivity contribution in [3.8, 4) is 11.5 Å². The standard InChI is InChI=1S/C20H18BrNO4/c21-14-3-1-13(2-4-14)11-18-19(24)15-5-6-17(23)16(20(15)26-18)12-22-7-9-25-10-8-22/h1-6,11,23H,7-10,12H2/p+1/b18-11-. The van der Waals surface area contributed by atoms with E-state index in [1.165, 1.54) is 4.90 Å². The molecule has 1 fully saturated rings. The Morgan fingerprint density at radius 3 is 2.58 bits per heavy atom. The van der Waals surface area contributed by atoms with Crippen molar-refractivity contribution in [2.75, 3.05) is 26.3 Å². The van der Waals surface area contributed by atoms with Gasteiger partial charge in [-0.2, -0.15) is 0 Å². The summed E-state index contributed by atoms with van der Waals surface area (Å²) in [4.78, 5) is 14.0. The Morgan fingerprint density at radius 2 is 1.85 bits per heavy atom. The monoisotopic (exact) mass is 416 g/mol. The van der Waals surface area contributed by atoms with E-state index in [0.29, 0.717) is 36.6 Å². The van der Waals surface area contributed by atoms with Crippen LogP contribution in [0.2, 0.25) is 0 Å². The number of carbonyl (C=O) groups is 1. The Hall–Kier alpha value is -2.15. The molecule has 2 heterocycles. The third kappa shape index (κ3) is 3.40. The quantitative estimate of drug-likeness (QED) is 0.752. The summed E-state index contributed by atoms with van der Waals surface area (Å²) in [5.41, 5.74) is 2.08. The maximum absolute atomic E-state index is 12.7. The van der Waals surface area contributed by atoms with E-state index in [4.69, 9.17) is 9.47 Å². The van der Waals surface area contributed by atoms with Crippen LogP contribution >= 0.6 is 15.9 Å². The molecule has 134 valence electrons. The SMILES string of the molecule is O=C1/C(=C/c2ccc(Br)cc2)Oc2c1ccc(O)c2C[NH+]1CCOCC1. The number of phenols is 1. The van der Waals surface area contributed by atoms with E-state index < -0.39 is 0 Å². The van der Waals surface area contributed by atoms with E-state index in [2.05, 4.69) is 15.9 Å². The number of benzene rings is 2. The summed E-state index contributed by atoms with van der Waals surface area (Å²) in [6.07, 6.45) is 1.73. The number of phenolic OH excluding ortho intramolecular Hbond substituents is 1. The second kappa shape index (κ2) is 7.23. The maximum atomic E-state index is 12.7. The number of hydrogen-bond acceptors (Lipinski definition) is 4. The first-order chi connectivity index (χ1) is 12.6. The molecule has 0 spiro atoms. The smallest absolute Gasteiger partial charge is 0.231 e. The van der Waals surface area contributed by atoms with Gasteiger partial charge in [0.15, 0.2) is 11.5 Å². The molecule has 0 aliphatic carbocycles. The molecule has 0 atom stereocenters. The number of quaternary nitrogens is 1. The Morgan fingerprint density at radius 1 is 1.12 bits per heavy atom. The number of allylic oxidation sites excluding steroid dienone is 1. The molecule has 0 bridgehead atoms. The third-order valence-corrected chi connectivity index (χ3v) is 5.24. The first kappa shape index (κ1) is 17.3. The zero-order valence-corrected chi connectivity index (χ0v) is 15.7. The first-order valence-electron chi connectivity index (χ1n) is 8.58. The fourth-order valence-corrected chi connectivity index (χ4v) is 3.53. The highest BCUT2D eigenvalue weighted by Gasteiger charge is 2.32. The molecule has 0 saturated carbocycles. The van der Waals surface area contributed by atoms with Crippen molar-refractivity contribution >= 4 is 27.8 Å². The van der Waals surface area contributed by atoms with Crippen molar-refractivity contribution in [2.24, 2.45) is 0 Å². The highest BCUT2D eigenvalue weighted by molar-refractivity contribution is 9.10. The van der Waals surface area contributed by atoms with Crippen LogP contribution in [0.3, 0.4) is 0 Å². The molecule has 2 aliphatic rings. The highest BCUT2D eigenvalue weighted by Crippen LogP contribution is 2.39. The summed E-state index contributed by atoms with van der Waals surface area (Å²) in [6, 6.07) is 10.9. The van der Waals surface area contributed by atoms with E-state index in [-0.39, 0.29) is 17.3 Å². The fourth-order valence-electron chi connectivity index (χ4n) is 3.26. The normalized spacial score (nSPS) is 18.8. The molecule has 0 amide bonds. The van der Waals surface area contributed by atoms with Crippen LogP contribution in [-0.2, 0) is 11.3 Å². The number of rotatable bonds is 3. The predicted octanol–water partition coefficient (Wildman–Crippen LogP) is 2.19. The molecule has 2 aromatic carbocycles. The van der Waals surface area contributed by atoms with Crippen LogP contribution < -0.4 is 9.64 Å². The van der Waals surface area contributed by atoms with Crippen molar-refractivity contribution in [3.05, 3.63) is 63.3 Å². The summed E-state index contributed by atoms with van der Waals surface area (Å²) in [5.74, 6) is 0.782. The number of carbonyl (C=O) groups excluding carboxylic acids is 1. The molecule has 6 heteroatoms. The van der Waals surface area contributed by atoms with Gasteiger partial charge in [0.25, 0.3) is 0 Å². The van der Waals surface area contributed by atoms with Crippen molar-refractivity contribution in [3.63, 3.8) is 0 Å². The van der Waals surface area contributed by atoms with Crippen LogP contribution in [0.25, 0.3) is 6.08 Å². The van der Waals surface area contributed by atoms with E-state index in [1.807, 2.05) is 24.3 Å². The lowest BCUT2D eigenvalue weighted by Gasteiger charge is -2.24. The second-order valence-electron chi connectivity index (χ2n) is 6.47. The van der Waals surface area contributed by atoms with Gasteiger partial charge in [-0.1, -0.05) is 28.1 Å². The molecular formula is C20H19BrNO4+. The van der Waals surface area contributed by atoms with Gasteiger partial charge >= 0.3 is 0 Å². The zero-order valence-electron chi connectivity index (χ0n) is 14.1. The molecule has 4 rings (SSSR count). The van der Waals surface area contributed by atoms with Crippen molar-refractivity contribution in [1.29, 1.82) is 0 Å². The molecule has 0 radical (unpaired) electrons. The Bertz CT molecular complexity index is 870. The van der Waals surface area contributed by atoms with E-state index in [9.17, 15) is 9.90 Å². The van der Waals surface area contributed by atoms with Gasteiger partial charge in [0, 0.05) is 4.47 Å². The van der Waals surface area contributed by atoms with Gasteiger partial charge in [0.2, 0.25) is 5.78 Å². The number of nitrogens with one attached hydrogen (secondary N) is 1. The summed E-state index contributed by atoms with van der Waals surface area (Å²) >= 11 is 3.40. The average molecular weight is 417 g/mol. The summed E-state index contributed by atoms with van der Waals surface area (Å²) < 4.78 is 12.3. The maximum Gasteiger partial charge on any atom is 0.231 e. The second-order valence-corrected chi connectivity index (χ2v) is 7.39. The number of morpholine rings is 1. The van der Waals surface area contributed by atoms with E-state index >= 15 is 0 Å². The minimum Gasteiger partial charge on any atom is -0.507 e. The zero-order chi connectivity index (χ0) is 18.1. The molecule has 1 saturated heterocycles. The molecule has 5 nitrogen and oxygen atoms in total. The Labute approximate surface area is 160 Å². The summed E-state index contributed by atoms with van der Waals surface area (Å²) in [6.45, 7) is 3.77. The minimum atomic E-state index is -0.152. The number of hydrogen-bond donors (Lipinski definition) is 2. The van der Waals surface area contributed by atoms with Gasteiger partial charge in [-0.25, -0.2) is 0 Å². The summed E-state index contributed by atoms with van der Waals surface area (Å²) in [5, 5.41) is 10.3. The molecular weight excluding hydrogens is 398 g/mol. The van der Waals surface area contributed by atoms with Gasteiger partial charge in [0.1, 0.15) is 25.4 Å². The van der Waals surface area contributed by atoms with Crippen LogP contribution in [0.5, 0.6) is 11.5 Å². The number of halogens is 1. The molecule has 2 aliphatic heterocycles. The lowest BCUT2D eigenvalue weighted by Crippen LogP contribution is -3.12. The highest BCUT2D eigenvalue weighted by atomic mass is 79.9. The number of Topliss-reactive ketones (excluding diaryl/α,β-unsaturated/α-hetero) is 1. The number of fused-ring (bicyclic) bond motifs is 1. The number of ketones is 1. The number of aromatic hydroxyl groups is 1. The largest absolute Gasteiger partial charge is 0.507 e. The average Bonchev–Trinajstić information content (AvgIpc) is 2.96. The van der Waals surface area contributed by atoms with Crippen LogP contribution in [-0.4, -0.2) is 37.2 Å². The molecule has 0 unspecified atom stereocenters. The van der Waals surface area contributed by atoms with Gasteiger partial charge in [-0.05, 0) is 35.9 Å².